The van der Waals surface area contributed by atoms with E-state index >= 15 is 0 Å². The van der Waals surface area contributed by atoms with Crippen molar-refractivity contribution in [2.24, 2.45) is 5.92 Å². The van der Waals surface area contributed by atoms with Crippen molar-refractivity contribution in [2.75, 3.05) is 13.2 Å². The Hall–Kier alpha value is -2.37. The Morgan fingerprint density at radius 2 is 2.00 bits per heavy atom. The maximum Gasteiger partial charge on any atom is 0.338 e. The van der Waals surface area contributed by atoms with Gasteiger partial charge >= 0.3 is 5.97 Å². The lowest BCUT2D eigenvalue weighted by Crippen LogP contribution is -2.39. The molecule has 1 aromatic rings. The molecule has 0 spiro atoms. The molecule has 146 valence electrons. The highest BCUT2D eigenvalue weighted by Crippen LogP contribution is 2.23. The monoisotopic (exact) mass is 372 g/mol. The molecule has 6 heteroatoms. The number of likely N-dealkylation sites (tertiary alicyclic amines) is 1. The van der Waals surface area contributed by atoms with Crippen molar-refractivity contribution in [1.82, 2.24) is 10.2 Å². The largest absolute Gasteiger partial charge is 0.452 e. The van der Waals surface area contributed by atoms with Gasteiger partial charge in [0.2, 0.25) is 5.91 Å². The number of amides is 2. The Labute approximate surface area is 160 Å². The van der Waals surface area contributed by atoms with Gasteiger partial charge in [0.15, 0.2) is 6.61 Å². The molecule has 1 aliphatic heterocycles. The minimum Gasteiger partial charge on any atom is -0.452 e. The molecular weight excluding hydrogens is 344 g/mol. The van der Waals surface area contributed by atoms with Crippen molar-refractivity contribution in [3.63, 3.8) is 0 Å². The molecular formula is C21H28N2O4. The molecule has 1 saturated heterocycles. The van der Waals surface area contributed by atoms with Crippen LogP contribution in [0.3, 0.4) is 0 Å². The van der Waals surface area contributed by atoms with Gasteiger partial charge in [-0.2, -0.15) is 0 Å². The molecule has 0 bridgehead atoms. The lowest BCUT2D eigenvalue weighted by Gasteiger charge is -2.26. The molecule has 2 aliphatic rings. The molecule has 0 unspecified atom stereocenters. The van der Waals surface area contributed by atoms with E-state index in [2.05, 4.69) is 12.2 Å². The van der Waals surface area contributed by atoms with E-state index in [-0.39, 0.29) is 24.5 Å². The van der Waals surface area contributed by atoms with Gasteiger partial charge in [0, 0.05) is 25.6 Å². The number of nitrogens with zero attached hydrogens (tertiary/aromatic N) is 1. The zero-order valence-electron chi connectivity index (χ0n) is 15.9. The Morgan fingerprint density at radius 1 is 1.22 bits per heavy atom. The maximum absolute atomic E-state index is 12.3. The first-order valence-corrected chi connectivity index (χ1v) is 9.84. The summed E-state index contributed by atoms with van der Waals surface area (Å²) in [5.74, 6) is 0.106. The third-order valence-electron chi connectivity index (χ3n) is 5.42. The number of rotatable bonds is 6. The Morgan fingerprint density at radius 3 is 2.70 bits per heavy atom. The summed E-state index contributed by atoms with van der Waals surface area (Å²) in [6, 6.07) is 7.25. The van der Waals surface area contributed by atoms with Crippen LogP contribution in [0.25, 0.3) is 0 Å². The molecule has 3 rings (SSSR count). The number of nitrogens with one attached hydrogen (secondary N) is 1. The minimum atomic E-state index is -0.517. The fourth-order valence-corrected chi connectivity index (χ4v) is 3.78. The van der Waals surface area contributed by atoms with Crippen molar-refractivity contribution < 1.29 is 19.1 Å². The van der Waals surface area contributed by atoms with E-state index in [1.807, 2.05) is 6.07 Å². The van der Waals surface area contributed by atoms with Gasteiger partial charge in [0.05, 0.1) is 5.56 Å². The van der Waals surface area contributed by atoms with Gasteiger partial charge in [-0.3, -0.25) is 9.59 Å². The number of esters is 1. The van der Waals surface area contributed by atoms with E-state index in [0.29, 0.717) is 18.5 Å². The van der Waals surface area contributed by atoms with Crippen LogP contribution in [0.1, 0.15) is 61.4 Å². The summed E-state index contributed by atoms with van der Waals surface area (Å²) in [5.41, 5.74) is 1.29. The molecule has 27 heavy (non-hydrogen) atoms. The van der Waals surface area contributed by atoms with Gasteiger partial charge in [-0.15, -0.1) is 0 Å². The van der Waals surface area contributed by atoms with Crippen molar-refractivity contribution in [1.29, 1.82) is 0 Å². The van der Waals surface area contributed by atoms with E-state index in [1.54, 1.807) is 23.1 Å². The third-order valence-corrected chi connectivity index (χ3v) is 5.42. The standard InChI is InChI=1S/C21H28N2O4/c1-15-7-9-18(10-8-15)22-19(24)14-27-21(26)17-5-2-4-16(12-17)13-23-11-3-6-20(23)25/h2,4-5,12,15,18H,3,6-11,13-14H2,1H3,(H,22,24). The normalized spacial score (nSPS) is 22.6. The highest BCUT2D eigenvalue weighted by atomic mass is 16.5. The van der Waals surface area contributed by atoms with Crippen molar-refractivity contribution in [3.8, 4) is 0 Å². The second-order valence-corrected chi connectivity index (χ2v) is 7.72. The number of carbonyl (C=O) groups is 3. The van der Waals surface area contributed by atoms with Gasteiger partial charge < -0.3 is 15.0 Å². The highest BCUT2D eigenvalue weighted by molar-refractivity contribution is 5.91. The Balaban J connectivity index is 1.47. The van der Waals surface area contributed by atoms with Gasteiger partial charge in [0.25, 0.3) is 5.91 Å². The van der Waals surface area contributed by atoms with E-state index in [4.69, 9.17) is 4.74 Å². The second-order valence-electron chi connectivity index (χ2n) is 7.72. The smallest absolute Gasteiger partial charge is 0.338 e. The molecule has 1 aromatic carbocycles. The fourth-order valence-electron chi connectivity index (χ4n) is 3.78. The van der Waals surface area contributed by atoms with Crippen LogP contribution in [0.4, 0.5) is 0 Å². The molecule has 2 amide bonds. The number of hydrogen-bond acceptors (Lipinski definition) is 4. The van der Waals surface area contributed by atoms with Crippen LogP contribution < -0.4 is 5.32 Å². The third kappa shape index (κ3) is 5.55. The first-order chi connectivity index (χ1) is 13.0. The summed E-state index contributed by atoms with van der Waals surface area (Å²) in [4.78, 5) is 37.8. The molecule has 0 radical (unpaired) electrons. The quantitative estimate of drug-likeness (QED) is 0.779. The second kappa shape index (κ2) is 9.02. The Bertz CT molecular complexity index is 695. The zero-order chi connectivity index (χ0) is 19.2. The Kier molecular flexibility index (Phi) is 6.48. The predicted molar refractivity (Wildman–Crippen MR) is 101 cm³/mol. The van der Waals surface area contributed by atoms with Crippen LogP contribution in [-0.2, 0) is 20.9 Å². The number of ether oxygens (including phenoxy) is 1. The number of hydrogen-bond donors (Lipinski definition) is 1. The van der Waals surface area contributed by atoms with Crippen LogP contribution in [-0.4, -0.2) is 41.9 Å². The summed E-state index contributed by atoms with van der Waals surface area (Å²) in [5, 5.41) is 2.95. The van der Waals surface area contributed by atoms with Crippen LogP contribution in [0.5, 0.6) is 0 Å². The molecule has 1 aliphatic carbocycles. The summed E-state index contributed by atoms with van der Waals surface area (Å²) in [6.07, 6.45) is 5.69. The van der Waals surface area contributed by atoms with Gasteiger partial charge in [0.1, 0.15) is 0 Å². The molecule has 1 saturated carbocycles. The first-order valence-electron chi connectivity index (χ1n) is 9.84. The van der Waals surface area contributed by atoms with Crippen LogP contribution in [0, 0.1) is 5.92 Å². The number of benzene rings is 1. The van der Waals surface area contributed by atoms with Crippen molar-refractivity contribution >= 4 is 17.8 Å². The number of carbonyl (C=O) groups excluding carboxylic acids is 3. The SMILES string of the molecule is CC1CCC(NC(=O)COC(=O)c2cccc(CN3CCCC3=O)c2)CC1. The molecule has 0 aromatic heterocycles. The van der Waals surface area contributed by atoms with Gasteiger partial charge in [-0.05, 0) is 55.7 Å². The summed E-state index contributed by atoms with van der Waals surface area (Å²) >= 11 is 0. The summed E-state index contributed by atoms with van der Waals surface area (Å²) in [6.45, 7) is 3.22. The molecule has 1 heterocycles. The van der Waals surface area contributed by atoms with Crippen LogP contribution in [0.15, 0.2) is 24.3 Å². The lowest BCUT2D eigenvalue weighted by molar-refractivity contribution is -0.128. The average molecular weight is 372 g/mol. The molecule has 1 N–H and O–H groups in total. The molecule has 0 atom stereocenters. The van der Waals surface area contributed by atoms with Crippen molar-refractivity contribution in [2.45, 2.75) is 58.0 Å². The lowest BCUT2D eigenvalue weighted by atomic mass is 9.87. The maximum atomic E-state index is 12.3. The highest BCUT2D eigenvalue weighted by Gasteiger charge is 2.22. The first kappa shape index (κ1) is 19.4. The van der Waals surface area contributed by atoms with E-state index in [0.717, 1.165) is 50.1 Å². The van der Waals surface area contributed by atoms with E-state index in [1.165, 1.54) is 0 Å². The van der Waals surface area contributed by atoms with Gasteiger partial charge in [-0.25, -0.2) is 4.79 Å². The molecule has 2 fully saturated rings. The van der Waals surface area contributed by atoms with Crippen molar-refractivity contribution in [3.05, 3.63) is 35.4 Å². The summed E-state index contributed by atoms with van der Waals surface area (Å²) < 4.78 is 5.17. The fraction of sp³-hybridized carbons (Fsp3) is 0.571. The zero-order valence-corrected chi connectivity index (χ0v) is 15.9. The van der Waals surface area contributed by atoms with E-state index < -0.39 is 5.97 Å². The van der Waals surface area contributed by atoms with Crippen LogP contribution >= 0.6 is 0 Å². The molecule has 6 nitrogen and oxygen atoms in total. The minimum absolute atomic E-state index is 0.150. The van der Waals surface area contributed by atoms with Gasteiger partial charge in [-0.1, -0.05) is 19.1 Å². The van der Waals surface area contributed by atoms with Crippen LogP contribution in [0.2, 0.25) is 0 Å². The average Bonchev–Trinajstić information content (AvgIpc) is 3.06. The topological polar surface area (TPSA) is 75.7 Å². The predicted octanol–water partition coefficient (Wildman–Crippen LogP) is 2.66. The van der Waals surface area contributed by atoms with E-state index in [9.17, 15) is 14.4 Å². The summed E-state index contributed by atoms with van der Waals surface area (Å²) in [7, 11) is 0.